The summed E-state index contributed by atoms with van der Waals surface area (Å²) in [5.41, 5.74) is 2.08. The van der Waals surface area contributed by atoms with Gasteiger partial charge in [-0.15, -0.1) is 0 Å². The number of fused-ring (bicyclic) bond motifs is 1. The molecule has 0 aliphatic carbocycles. The van der Waals surface area contributed by atoms with Crippen LogP contribution in [-0.4, -0.2) is 30.1 Å². The fourth-order valence-corrected chi connectivity index (χ4v) is 4.06. The maximum atomic E-state index is 12.4. The Morgan fingerprint density at radius 1 is 1.09 bits per heavy atom. The zero-order chi connectivity index (χ0) is 23.4. The Kier molecular flexibility index (Phi) is 7.06. The molecule has 0 aromatic heterocycles. The predicted octanol–water partition coefficient (Wildman–Crippen LogP) is 5.71. The highest BCUT2D eigenvalue weighted by atomic mass is 35.5. The smallest absolute Gasteiger partial charge is 0.311 e. The number of aliphatic carboxylic acids is 1. The van der Waals surface area contributed by atoms with Crippen molar-refractivity contribution in [2.75, 3.05) is 13.2 Å². The number of nitrogens with one attached hydrogen (secondary N) is 1. The van der Waals surface area contributed by atoms with E-state index in [-0.39, 0.29) is 10.9 Å². The molecule has 1 aliphatic rings. The maximum absolute atomic E-state index is 12.4. The average Bonchev–Trinajstić information content (AvgIpc) is 2.79. The first-order valence-electron chi connectivity index (χ1n) is 10.4. The zero-order valence-corrected chi connectivity index (χ0v) is 19.0. The number of benzene rings is 3. The van der Waals surface area contributed by atoms with Gasteiger partial charge < -0.3 is 19.9 Å². The van der Waals surface area contributed by atoms with E-state index < -0.39 is 11.9 Å². The molecule has 0 bridgehead atoms. The van der Waals surface area contributed by atoms with Gasteiger partial charge in [-0.2, -0.15) is 0 Å². The largest absolute Gasteiger partial charge is 0.493 e. The number of amides is 1. The van der Waals surface area contributed by atoms with E-state index in [1.807, 2.05) is 24.3 Å². The third-order valence-electron chi connectivity index (χ3n) is 5.33. The average molecular weight is 486 g/mol. The molecule has 33 heavy (non-hydrogen) atoms. The quantitative estimate of drug-likeness (QED) is 0.447. The van der Waals surface area contributed by atoms with Crippen LogP contribution >= 0.6 is 23.2 Å². The van der Waals surface area contributed by atoms with Crippen molar-refractivity contribution < 1.29 is 24.2 Å². The summed E-state index contributed by atoms with van der Waals surface area (Å²) in [5.74, 6) is -0.479. The van der Waals surface area contributed by atoms with Gasteiger partial charge in [0.25, 0.3) is 5.91 Å². The number of carboxylic acids is 1. The molecule has 1 atom stereocenters. The number of ether oxygens (including phenoxy) is 2. The van der Waals surface area contributed by atoms with Gasteiger partial charge in [-0.25, -0.2) is 0 Å². The van der Waals surface area contributed by atoms with Gasteiger partial charge >= 0.3 is 5.97 Å². The van der Waals surface area contributed by atoms with Crippen LogP contribution in [0.3, 0.4) is 0 Å². The number of carbonyl (C=O) groups is 2. The molecule has 4 rings (SSSR count). The minimum Gasteiger partial charge on any atom is -0.493 e. The number of rotatable bonds is 7. The summed E-state index contributed by atoms with van der Waals surface area (Å²) < 4.78 is 11.5. The summed E-state index contributed by atoms with van der Waals surface area (Å²) >= 11 is 12.3. The predicted molar refractivity (Wildman–Crippen MR) is 126 cm³/mol. The fourth-order valence-electron chi connectivity index (χ4n) is 3.64. The molecular formula is C25H21Cl2NO5. The van der Waals surface area contributed by atoms with E-state index in [0.29, 0.717) is 59.4 Å². The molecule has 1 amide bonds. The standard InChI is InChI=1S/C25H21Cl2NO5/c26-17-3-1-2-15(12-17)8-10-28-24(29)16-4-6-18(7-5-16)33-23-14-22-20(13-21(23)27)19(25(30)31)9-11-32-22/h1-7,12-14,19H,8-11H2,(H,28,29)(H,30,31). The molecule has 0 spiro atoms. The molecule has 8 heteroatoms. The van der Waals surface area contributed by atoms with Gasteiger partial charge in [0.2, 0.25) is 0 Å². The third-order valence-corrected chi connectivity index (χ3v) is 5.86. The number of carbonyl (C=O) groups excluding carboxylic acids is 1. The Bertz CT molecular complexity index is 1180. The second-order valence-corrected chi connectivity index (χ2v) is 8.45. The van der Waals surface area contributed by atoms with Crippen LogP contribution in [-0.2, 0) is 11.2 Å². The molecule has 0 saturated heterocycles. The van der Waals surface area contributed by atoms with E-state index in [2.05, 4.69) is 5.32 Å². The van der Waals surface area contributed by atoms with Gasteiger partial charge in [-0.3, -0.25) is 9.59 Å². The number of hydrogen-bond acceptors (Lipinski definition) is 4. The number of halogens is 2. The molecule has 3 aromatic rings. The minimum atomic E-state index is -0.911. The topological polar surface area (TPSA) is 84.9 Å². The monoisotopic (exact) mass is 485 g/mol. The van der Waals surface area contributed by atoms with E-state index >= 15 is 0 Å². The van der Waals surface area contributed by atoms with E-state index in [0.717, 1.165) is 5.56 Å². The van der Waals surface area contributed by atoms with E-state index in [1.54, 1.807) is 36.4 Å². The van der Waals surface area contributed by atoms with Gasteiger partial charge in [0.15, 0.2) is 0 Å². The van der Waals surface area contributed by atoms with Gasteiger partial charge in [-0.1, -0.05) is 35.3 Å². The van der Waals surface area contributed by atoms with Gasteiger partial charge in [-0.05, 0) is 60.9 Å². The van der Waals surface area contributed by atoms with Crippen LogP contribution in [0.15, 0.2) is 60.7 Å². The SMILES string of the molecule is O=C(NCCc1cccc(Cl)c1)c1ccc(Oc2cc3c(cc2Cl)C(C(=O)O)CCO3)cc1. The highest BCUT2D eigenvalue weighted by molar-refractivity contribution is 6.32. The Hall–Kier alpha value is -3.22. The molecule has 2 N–H and O–H groups in total. The van der Waals surface area contributed by atoms with Crippen molar-refractivity contribution in [3.63, 3.8) is 0 Å². The van der Waals surface area contributed by atoms with Crippen LogP contribution in [0.4, 0.5) is 0 Å². The number of carboxylic acid groups (broad SMARTS) is 1. The van der Waals surface area contributed by atoms with Crippen molar-refractivity contribution >= 4 is 35.1 Å². The third kappa shape index (κ3) is 5.59. The lowest BCUT2D eigenvalue weighted by atomic mass is 9.93. The van der Waals surface area contributed by atoms with Crippen molar-refractivity contribution in [3.8, 4) is 17.2 Å². The van der Waals surface area contributed by atoms with Crippen molar-refractivity contribution in [2.24, 2.45) is 0 Å². The summed E-state index contributed by atoms with van der Waals surface area (Å²) in [6.07, 6.45) is 1.07. The summed E-state index contributed by atoms with van der Waals surface area (Å²) in [4.78, 5) is 23.9. The van der Waals surface area contributed by atoms with Gasteiger partial charge in [0.1, 0.15) is 17.2 Å². The van der Waals surface area contributed by atoms with Crippen LogP contribution in [0.2, 0.25) is 10.0 Å². The summed E-state index contributed by atoms with van der Waals surface area (Å²) in [6, 6.07) is 17.4. The van der Waals surface area contributed by atoms with Crippen LogP contribution in [0.5, 0.6) is 17.2 Å². The molecule has 1 unspecified atom stereocenters. The highest BCUT2D eigenvalue weighted by Gasteiger charge is 2.29. The molecule has 0 fully saturated rings. The zero-order valence-electron chi connectivity index (χ0n) is 17.5. The van der Waals surface area contributed by atoms with Crippen molar-refractivity contribution in [1.82, 2.24) is 5.32 Å². The summed E-state index contributed by atoms with van der Waals surface area (Å²) in [6.45, 7) is 0.797. The lowest BCUT2D eigenvalue weighted by Gasteiger charge is -2.24. The number of hydrogen-bond donors (Lipinski definition) is 2. The normalized spacial score (nSPS) is 14.7. The van der Waals surface area contributed by atoms with E-state index in [1.165, 1.54) is 0 Å². The molecule has 0 radical (unpaired) electrons. The Balaban J connectivity index is 1.38. The highest BCUT2D eigenvalue weighted by Crippen LogP contribution is 2.41. The molecule has 3 aromatic carbocycles. The molecular weight excluding hydrogens is 465 g/mol. The maximum Gasteiger partial charge on any atom is 0.311 e. The first-order valence-corrected chi connectivity index (χ1v) is 11.2. The van der Waals surface area contributed by atoms with E-state index in [9.17, 15) is 14.7 Å². The second kappa shape index (κ2) is 10.1. The van der Waals surface area contributed by atoms with Crippen LogP contribution in [0.25, 0.3) is 0 Å². The Morgan fingerprint density at radius 3 is 2.61 bits per heavy atom. The lowest BCUT2D eigenvalue weighted by molar-refractivity contribution is -0.139. The van der Waals surface area contributed by atoms with Crippen LogP contribution in [0, 0.1) is 0 Å². The first kappa shape index (κ1) is 23.0. The molecule has 170 valence electrons. The van der Waals surface area contributed by atoms with Crippen molar-refractivity contribution in [1.29, 1.82) is 0 Å². The first-order chi connectivity index (χ1) is 15.9. The minimum absolute atomic E-state index is 0.191. The van der Waals surface area contributed by atoms with E-state index in [4.69, 9.17) is 32.7 Å². The molecule has 0 saturated carbocycles. The lowest BCUT2D eigenvalue weighted by Crippen LogP contribution is -2.25. The van der Waals surface area contributed by atoms with Gasteiger partial charge in [0.05, 0.1) is 17.5 Å². The van der Waals surface area contributed by atoms with Gasteiger partial charge in [0, 0.05) is 28.8 Å². The summed E-state index contributed by atoms with van der Waals surface area (Å²) in [5, 5.41) is 13.2. The van der Waals surface area contributed by atoms with Crippen LogP contribution in [0.1, 0.15) is 33.8 Å². The molecule has 6 nitrogen and oxygen atoms in total. The van der Waals surface area contributed by atoms with Crippen molar-refractivity contribution in [2.45, 2.75) is 18.8 Å². The molecule has 1 aliphatic heterocycles. The van der Waals surface area contributed by atoms with Crippen LogP contribution < -0.4 is 14.8 Å². The molecule has 1 heterocycles. The Labute approximate surface area is 201 Å². The summed E-state index contributed by atoms with van der Waals surface area (Å²) in [7, 11) is 0. The van der Waals surface area contributed by atoms with Crippen molar-refractivity contribution in [3.05, 3.63) is 87.4 Å². The fraction of sp³-hybridized carbons (Fsp3) is 0.200. The second-order valence-electron chi connectivity index (χ2n) is 7.61. The Morgan fingerprint density at radius 2 is 1.88 bits per heavy atom.